The predicted molar refractivity (Wildman–Crippen MR) is 106 cm³/mol. The molecule has 0 bridgehead atoms. The molecule has 2 heterocycles. The number of hydrogen-bond acceptors (Lipinski definition) is 5. The summed E-state index contributed by atoms with van der Waals surface area (Å²) < 4.78 is 26.9. The number of rotatable bonds is 7. The van der Waals surface area contributed by atoms with Crippen LogP contribution in [0.5, 0.6) is 0 Å². The highest BCUT2D eigenvalue weighted by atomic mass is 32.2. The van der Waals surface area contributed by atoms with Crippen LogP contribution in [0, 0.1) is 0 Å². The molecule has 1 aromatic carbocycles. The molecule has 0 atom stereocenters. The molecule has 0 saturated carbocycles. The molecule has 0 aliphatic carbocycles. The van der Waals surface area contributed by atoms with Gasteiger partial charge in [-0.15, -0.1) is 0 Å². The summed E-state index contributed by atoms with van der Waals surface area (Å²) in [6, 6.07) is 12.4. The molecule has 6 nitrogen and oxygen atoms in total. The number of pyridine rings is 1. The Kier molecular flexibility index (Phi) is 5.63. The number of nitrogens with zero attached hydrogens (tertiary/aromatic N) is 2. The summed E-state index contributed by atoms with van der Waals surface area (Å²) in [7, 11) is -3.71. The fourth-order valence-corrected chi connectivity index (χ4v) is 4.00. The Labute approximate surface area is 158 Å². The quantitative estimate of drug-likeness (QED) is 0.635. The topological polar surface area (TPSA) is 95.0 Å². The maximum absolute atomic E-state index is 12.9. The Morgan fingerprint density at radius 1 is 1.11 bits per heavy atom. The van der Waals surface area contributed by atoms with Gasteiger partial charge in [0.1, 0.15) is 0 Å². The first kappa shape index (κ1) is 18.8. The largest absolute Gasteiger partial charge is 0.326 e. The van der Waals surface area contributed by atoms with Gasteiger partial charge in [-0.25, -0.2) is 12.4 Å². The molecular formula is C20H19N3O3S. The zero-order valence-electron chi connectivity index (χ0n) is 14.5. The van der Waals surface area contributed by atoms with Gasteiger partial charge in [-0.3, -0.25) is 9.78 Å². The van der Waals surface area contributed by atoms with Crippen LogP contribution < -0.4 is 5.73 Å². The first-order chi connectivity index (χ1) is 13.0. The van der Waals surface area contributed by atoms with Gasteiger partial charge in [0, 0.05) is 36.3 Å². The smallest absolute Gasteiger partial charge is 0.242 e. The number of nitrogens with two attached hydrogens (primary N) is 1. The zero-order valence-corrected chi connectivity index (χ0v) is 15.3. The third-order valence-corrected chi connectivity index (χ3v) is 5.57. The van der Waals surface area contributed by atoms with Gasteiger partial charge in [0.2, 0.25) is 10.0 Å². The zero-order chi connectivity index (χ0) is 19.3. The highest BCUT2D eigenvalue weighted by Gasteiger charge is 2.19. The molecule has 3 rings (SSSR count). The Hall–Kier alpha value is -3.03. The lowest BCUT2D eigenvalue weighted by Crippen LogP contribution is -2.16. The number of carbonyl (C=O) groups excluding carboxylic acids is 1. The van der Waals surface area contributed by atoms with Gasteiger partial charge < -0.3 is 5.73 Å². The van der Waals surface area contributed by atoms with E-state index in [2.05, 4.69) is 4.98 Å². The predicted octanol–water partition coefficient (Wildman–Crippen LogP) is 2.71. The summed E-state index contributed by atoms with van der Waals surface area (Å²) in [4.78, 5) is 15.2. The van der Waals surface area contributed by atoms with Crippen LogP contribution in [0.2, 0.25) is 0 Å². The molecule has 2 N–H and O–H groups in total. The minimum absolute atomic E-state index is 0.216. The van der Waals surface area contributed by atoms with E-state index in [4.69, 9.17) is 5.73 Å². The highest BCUT2D eigenvalue weighted by molar-refractivity contribution is 7.90. The monoisotopic (exact) mass is 381 g/mol. The summed E-state index contributed by atoms with van der Waals surface area (Å²) in [5, 5.41) is 0. The number of carbonyl (C=O) groups is 1. The van der Waals surface area contributed by atoms with Gasteiger partial charge in [0.05, 0.1) is 11.4 Å². The van der Waals surface area contributed by atoms with Gasteiger partial charge in [-0.05, 0) is 23.3 Å². The molecule has 0 amide bonds. The van der Waals surface area contributed by atoms with Gasteiger partial charge in [-0.1, -0.05) is 42.5 Å². The van der Waals surface area contributed by atoms with Gasteiger partial charge in [-0.2, -0.15) is 0 Å². The van der Waals surface area contributed by atoms with Crippen LogP contribution in [-0.2, 0) is 16.6 Å². The summed E-state index contributed by atoms with van der Waals surface area (Å²) in [6.45, 7) is 0.263. The van der Waals surface area contributed by atoms with E-state index in [1.807, 2.05) is 18.2 Å². The summed E-state index contributed by atoms with van der Waals surface area (Å²) >= 11 is 0. The standard InChI is InChI=1S/C20H19N3O3S/c21-12-18-7-1-2-8-19(18)20-11-17(15-24)14-23(20)27(25,26)10-4-6-16-5-3-9-22-13-16/h1-9,11,13-15H,10,12,21H2. The van der Waals surface area contributed by atoms with Crippen LogP contribution in [0.3, 0.4) is 0 Å². The second-order valence-corrected chi connectivity index (χ2v) is 7.79. The van der Waals surface area contributed by atoms with Crippen LogP contribution in [0.1, 0.15) is 21.5 Å². The molecule has 0 radical (unpaired) electrons. The van der Waals surface area contributed by atoms with E-state index in [9.17, 15) is 13.2 Å². The van der Waals surface area contributed by atoms with E-state index < -0.39 is 10.0 Å². The van der Waals surface area contributed by atoms with Gasteiger partial charge >= 0.3 is 0 Å². The van der Waals surface area contributed by atoms with E-state index in [1.54, 1.807) is 48.8 Å². The fraction of sp³-hybridized carbons (Fsp3) is 0.100. The molecule has 0 fully saturated rings. The highest BCUT2D eigenvalue weighted by Crippen LogP contribution is 2.27. The van der Waals surface area contributed by atoms with Crippen molar-refractivity contribution in [2.45, 2.75) is 6.54 Å². The fourth-order valence-electron chi connectivity index (χ4n) is 2.76. The van der Waals surface area contributed by atoms with Crippen molar-refractivity contribution in [2.75, 3.05) is 5.75 Å². The third kappa shape index (κ3) is 4.21. The maximum Gasteiger partial charge on any atom is 0.242 e. The Balaban J connectivity index is 1.99. The van der Waals surface area contributed by atoms with Gasteiger partial charge in [0.25, 0.3) is 0 Å². The molecule has 0 unspecified atom stereocenters. The van der Waals surface area contributed by atoms with E-state index in [1.165, 1.54) is 6.20 Å². The molecular weight excluding hydrogens is 362 g/mol. The van der Waals surface area contributed by atoms with Crippen molar-refractivity contribution in [3.8, 4) is 11.3 Å². The third-order valence-electron chi connectivity index (χ3n) is 4.06. The van der Waals surface area contributed by atoms with Crippen LogP contribution >= 0.6 is 0 Å². The van der Waals surface area contributed by atoms with E-state index in [-0.39, 0.29) is 17.9 Å². The lowest BCUT2D eigenvalue weighted by molar-refractivity contribution is 0.112. The molecule has 7 heteroatoms. The first-order valence-corrected chi connectivity index (χ1v) is 9.92. The molecule has 138 valence electrons. The Morgan fingerprint density at radius 3 is 2.63 bits per heavy atom. The second-order valence-electron chi connectivity index (χ2n) is 5.90. The molecule has 0 aliphatic heterocycles. The van der Waals surface area contributed by atoms with Crippen molar-refractivity contribution in [1.82, 2.24) is 8.96 Å². The van der Waals surface area contributed by atoms with Crippen LogP contribution in [0.4, 0.5) is 0 Å². The van der Waals surface area contributed by atoms with E-state index in [0.29, 0.717) is 17.5 Å². The second kappa shape index (κ2) is 8.11. The summed E-state index contributed by atoms with van der Waals surface area (Å²) in [5.41, 5.74) is 8.80. The number of hydrogen-bond donors (Lipinski definition) is 1. The lowest BCUT2D eigenvalue weighted by Gasteiger charge is -2.12. The van der Waals surface area contributed by atoms with E-state index >= 15 is 0 Å². The molecule has 2 aromatic heterocycles. The number of aldehydes is 1. The van der Waals surface area contributed by atoms with Crippen molar-refractivity contribution in [1.29, 1.82) is 0 Å². The van der Waals surface area contributed by atoms with Crippen molar-refractivity contribution in [3.05, 3.63) is 83.8 Å². The van der Waals surface area contributed by atoms with Crippen LogP contribution in [-0.4, -0.2) is 29.4 Å². The lowest BCUT2D eigenvalue weighted by atomic mass is 10.0. The van der Waals surface area contributed by atoms with Crippen LogP contribution in [0.25, 0.3) is 17.3 Å². The average Bonchev–Trinajstić information content (AvgIpc) is 3.14. The minimum atomic E-state index is -3.71. The molecule has 0 aliphatic rings. The van der Waals surface area contributed by atoms with Gasteiger partial charge in [0.15, 0.2) is 6.29 Å². The summed E-state index contributed by atoms with van der Waals surface area (Å²) in [6.07, 6.45) is 8.52. The van der Waals surface area contributed by atoms with Crippen molar-refractivity contribution in [2.24, 2.45) is 5.73 Å². The Bertz CT molecular complexity index is 1070. The normalized spacial score (nSPS) is 11.7. The average molecular weight is 381 g/mol. The number of aromatic nitrogens is 2. The Morgan fingerprint density at radius 2 is 1.93 bits per heavy atom. The minimum Gasteiger partial charge on any atom is -0.326 e. The van der Waals surface area contributed by atoms with Crippen molar-refractivity contribution >= 4 is 22.4 Å². The van der Waals surface area contributed by atoms with Crippen LogP contribution in [0.15, 0.2) is 67.1 Å². The molecule has 0 saturated heterocycles. The first-order valence-electron chi connectivity index (χ1n) is 8.31. The van der Waals surface area contributed by atoms with E-state index in [0.717, 1.165) is 15.1 Å². The van der Waals surface area contributed by atoms with Crippen molar-refractivity contribution < 1.29 is 13.2 Å². The maximum atomic E-state index is 12.9. The number of benzene rings is 1. The SMILES string of the molecule is NCc1ccccc1-c1cc(C=O)cn1S(=O)(=O)CC=Cc1cccnc1. The molecule has 0 spiro atoms. The van der Waals surface area contributed by atoms with Crippen molar-refractivity contribution in [3.63, 3.8) is 0 Å². The summed E-state index contributed by atoms with van der Waals surface area (Å²) in [5.74, 6) is -0.216. The molecule has 3 aromatic rings. The molecule has 27 heavy (non-hydrogen) atoms.